The van der Waals surface area contributed by atoms with Crippen molar-refractivity contribution in [1.29, 1.82) is 0 Å². The van der Waals surface area contributed by atoms with E-state index in [1.807, 2.05) is 0 Å². The Bertz CT molecular complexity index is 940. The van der Waals surface area contributed by atoms with Crippen molar-refractivity contribution in [2.75, 3.05) is 0 Å². The van der Waals surface area contributed by atoms with Crippen LogP contribution in [0.4, 0.5) is 17.6 Å². The molecule has 1 saturated carbocycles. The molecule has 0 radical (unpaired) electrons. The summed E-state index contributed by atoms with van der Waals surface area (Å²) in [6.07, 6.45) is 7.94. The van der Waals surface area contributed by atoms with E-state index in [2.05, 4.69) is 6.92 Å². The molecule has 0 atom stereocenters. The second-order valence-corrected chi connectivity index (χ2v) is 7.40. The van der Waals surface area contributed by atoms with Crippen molar-refractivity contribution < 1.29 is 23.0 Å². The van der Waals surface area contributed by atoms with Crippen molar-refractivity contribution in [3.05, 3.63) is 59.1 Å². The van der Waals surface area contributed by atoms with Crippen molar-refractivity contribution in [3.63, 3.8) is 0 Å². The maximum atomic E-state index is 15.0. The number of rotatable bonds is 6. The van der Waals surface area contributed by atoms with Crippen LogP contribution in [0.5, 0.6) is 0 Å². The summed E-state index contributed by atoms with van der Waals surface area (Å²) >= 11 is 0. The molecule has 0 amide bonds. The van der Waals surface area contributed by atoms with Crippen molar-refractivity contribution in [2.24, 2.45) is 11.8 Å². The van der Waals surface area contributed by atoms with Crippen molar-refractivity contribution in [3.8, 4) is 11.1 Å². The van der Waals surface area contributed by atoms with Gasteiger partial charge in [-0.15, -0.1) is 0 Å². The lowest BCUT2D eigenvalue weighted by Crippen LogP contribution is -2.15. The largest absolute Gasteiger partial charge is 0.206 e. The topological polar surface area (TPSA) is 0 Å². The Morgan fingerprint density at radius 2 is 1.48 bits per heavy atom. The number of hydrogen-bond acceptors (Lipinski definition) is 0. The second-order valence-electron chi connectivity index (χ2n) is 7.40. The fraction of sp³-hybridized carbons (Fsp3) is 0.478. The van der Waals surface area contributed by atoms with Crippen LogP contribution in [-0.4, -0.2) is 0 Å². The van der Waals surface area contributed by atoms with E-state index >= 15 is 0 Å². The average molecular weight is 382 g/mol. The Morgan fingerprint density at radius 1 is 0.889 bits per heavy atom. The highest BCUT2D eigenvalue weighted by Crippen LogP contribution is 2.34. The van der Waals surface area contributed by atoms with E-state index in [0.29, 0.717) is 12.3 Å². The Hall–Kier alpha value is -1.84. The van der Waals surface area contributed by atoms with Crippen LogP contribution in [0.1, 0.15) is 62.9 Å². The van der Waals surface area contributed by atoms with E-state index < -0.39 is 52.5 Å². The van der Waals surface area contributed by atoms with E-state index in [0.717, 1.165) is 44.1 Å². The minimum absolute atomic E-state index is 0.190. The molecule has 4 heteroatoms. The van der Waals surface area contributed by atoms with Gasteiger partial charge in [0.15, 0.2) is 17.5 Å². The fourth-order valence-corrected chi connectivity index (χ4v) is 3.93. The molecule has 146 valence electrons. The standard InChI is InChI=1S/C23H26F4/c1-2-3-15-4-6-16(7-5-15)8-9-17-10-11-19(20(24)12-17)18-13-21(25)23(27)22(26)14-18/h10-16H,2-9H2,1H3/i10D,12D,13D,14D. The van der Waals surface area contributed by atoms with E-state index in [-0.39, 0.29) is 11.6 Å². The predicted octanol–water partition coefficient (Wildman–Crippen LogP) is 7.45. The number of halogens is 4. The molecule has 1 aliphatic carbocycles. The van der Waals surface area contributed by atoms with Gasteiger partial charge >= 0.3 is 0 Å². The summed E-state index contributed by atoms with van der Waals surface area (Å²) in [5, 5.41) is 0. The van der Waals surface area contributed by atoms with Gasteiger partial charge in [-0.3, -0.25) is 0 Å². The Balaban J connectivity index is 1.86. The Labute approximate surface area is 164 Å². The molecule has 3 rings (SSSR count). The maximum absolute atomic E-state index is 15.0. The van der Waals surface area contributed by atoms with Gasteiger partial charge in [-0.25, -0.2) is 17.6 Å². The lowest BCUT2D eigenvalue weighted by molar-refractivity contribution is 0.252. The van der Waals surface area contributed by atoms with Gasteiger partial charge in [0.25, 0.3) is 0 Å². The molecule has 2 aromatic rings. The van der Waals surface area contributed by atoms with Crippen molar-refractivity contribution in [1.82, 2.24) is 0 Å². The molecule has 27 heavy (non-hydrogen) atoms. The van der Waals surface area contributed by atoms with Gasteiger partial charge < -0.3 is 0 Å². The van der Waals surface area contributed by atoms with Gasteiger partial charge in [-0.2, -0.15) is 0 Å². The summed E-state index contributed by atoms with van der Waals surface area (Å²) in [6, 6.07) is -2.13. The normalized spacial score (nSPS) is 22.1. The molecule has 0 bridgehead atoms. The van der Waals surface area contributed by atoms with Crippen LogP contribution in [-0.2, 0) is 6.42 Å². The number of benzene rings is 2. The minimum atomic E-state index is -1.97. The van der Waals surface area contributed by atoms with Crippen LogP contribution in [0.25, 0.3) is 11.1 Å². The molecule has 2 aromatic carbocycles. The molecule has 1 aliphatic rings. The quantitative estimate of drug-likeness (QED) is 0.359. The third-order valence-corrected chi connectivity index (χ3v) is 5.48. The first-order chi connectivity index (χ1) is 14.7. The van der Waals surface area contributed by atoms with Crippen molar-refractivity contribution >= 4 is 0 Å². The van der Waals surface area contributed by atoms with E-state index in [4.69, 9.17) is 5.48 Å². The van der Waals surface area contributed by atoms with E-state index in [9.17, 15) is 17.6 Å². The molecular formula is C23H26F4. The lowest BCUT2D eigenvalue weighted by atomic mass is 9.78. The molecule has 0 aromatic heterocycles. The third-order valence-electron chi connectivity index (χ3n) is 5.48. The lowest BCUT2D eigenvalue weighted by Gasteiger charge is -2.28. The summed E-state index contributed by atoms with van der Waals surface area (Å²) in [4.78, 5) is 0. The Kier molecular flexibility index (Phi) is 4.99. The Morgan fingerprint density at radius 3 is 2.07 bits per heavy atom. The first-order valence-electron chi connectivity index (χ1n) is 11.6. The minimum Gasteiger partial charge on any atom is -0.206 e. The van der Waals surface area contributed by atoms with Crippen LogP contribution in [0.15, 0.2) is 30.2 Å². The zero-order valence-corrected chi connectivity index (χ0v) is 15.4. The van der Waals surface area contributed by atoms with Gasteiger partial charge in [-0.05, 0) is 53.9 Å². The summed E-state index contributed by atoms with van der Waals surface area (Å²) in [6.45, 7) is 2.18. The van der Waals surface area contributed by atoms with Crippen LogP contribution in [0.3, 0.4) is 0 Å². The van der Waals surface area contributed by atoms with Gasteiger partial charge in [0.2, 0.25) is 0 Å². The maximum Gasteiger partial charge on any atom is 0.194 e. The summed E-state index contributed by atoms with van der Waals surface area (Å²) < 4.78 is 87.8. The summed E-state index contributed by atoms with van der Waals surface area (Å²) in [5.41, 5.74) is -1.21. The summed E-state index contributed by atoms with van der Waals surface area (Å²) in [5.74, 6) is -5.58. The molecular weight excluding hydrogens is 352 g/mol. The van der Waals surface area contributed by atoms with Gasteiger partial charge in [0, 0.05) is 5.56 Å². The highest BCUT2D eigenvalue weighted by Gasteiger charge is 2.20. The summed E-state index contributed by atoms with van der Waals surface area (Å²) in [7, 11) is 0. The SMILES string of the molecule is [2H]c1cc(-c2c([2H])c(F)c(F)c(F)c2[2H])c(F)c([2H])c1CCC1CCC(CCC)CC1. The zero-order valence-electron chi connectivity index (χ0n) is 19.4. The van der Waals surface area contributed by atoms with Gasteiger partial charge in [0.05, 0.1) is 5.48 Å². The van der Waals surface area contributed by atoms with Gasteiger partial charge in [-0.1, -0.05) is 57.6 Å². The third kappa shape index (κ3) is 4.91. The zero-order chi connectivity index (χ0) is 22.9. The van der Waals surface area contributed by atoms with Crippen LogP contribution in [0.2, 0.25) is 0 Å². The van der Waals surface area contributed by atoms with Crippen LogP contribution >= 0.6 is 0 Å². The number of hydrogen-bond donors (Lipinski definition) is 0. The molecule has 0 spiro atoms. The first kappa shape index (κ1) is 15.1. The molecule has 0 heterocycles. The van der Waals surface area contributed by atoms with Gasteiger partial charge in [0.1, 0.15) is 5.82 Å². The van der Waals surface area contributed by atoms with E-state index in [1.54, 1.807) is 0 Å². The highest BCUT2D eigenvalue weighted by atomic mass is 19.2. The highest BCUT2D eigenvalue weighted by molar-refractivity contribution is 5.64. The van der Waals surface area contributed by atoms with Crippen molar-refractivity contribution in [2.45, 2.75) is 58.3 Å². The fourth-order valence-electron chi connectivity index (χ4n) is 3.93. The van der Waals surface area contributed by atoms with Crippen LogP contribution < -0.4 is 0 Å². The molecule has 0 unspecified atom stereocenters. The molecule has 1 fully saturated rings. The smallest absolute Gasteiger partial charge is 0.194 e. The average Bonchev–Trinajstić information content (AvgIpc) is 2.75. The van der Waals surface area contributed by atoms with Crippen LogP contribution in [0, 0.1) is 35.1 Å². The predicted molar refractivity (Wildman–Crippen MR) is 100 cm³/mol. The van der Waals surface area contributed by atoms with E-state index in [1.165, 1.54) is 12.8 Å². The second kappa shape index (κ2) is 8.90. The molecule has 0 aliphatic heterocycles. The monoisotopic (exact) mass is 382 g/mol. The molecule has 0 nitrogen and oxygen atoms in total. The first-order valence-corrected chi connectivity index (χ1v) is 9.59. The molecule has 0 saturated heterocycles. The molecule has 0 N–H and O–H groups in total.